The molecule has 20 heavy (non-hydrogen) atoms. The third-order valence-electron chi connectivity index (χ3n) is 4.94. The van der Waals surface area contributed by atoms with Crippen LogP contribution in [0.25, 0.3) is 22.2 Å². The lowest BCUT2D eigenvalue weighted by atomic mass is 10.0. The van der Waals surface area contributed by atoms with Gasteiger partial charge in [-0.15, -0.1) is 0 Å². The molecule has 0 unspecified atom stereocenters. The van der Waals surface area contributed by atoms with Gasteiger partial charge in [0, 0.05) is 40.2 Å². The second-order valence-electron chi connectivity index (χ2n) is 6.12. The maximum absolute atomic E-state index is 2.38. The van der Waals surface area contributed by atoms with E-state index in [9.17, 15) is 0 Å². The normalized spacial score (nSPS) is 12.9. The molecule has 3 aromatic rings. The molecule has 0 radical (unpaired) electrons. The maximum Gasteiger partial charge on any atom is 0.0527 e. The van der Waals surface area contributed by atoms with Crippen LogP contribution in [0.4, 0.5) is 0 Å². The fraction of sp³-hybridized carbons (Fsp3) is 0.222. The Morgan fingerprint density at radius 1 is 1.05 bits per heavy atom. The largest absolute Gasteiger partial charge is 0.343 e. The molecule has 1 heterocycles. The van der Waals surface area contributed by atoms with Gasteiger partial charge in [-0.25, -0.2) is 0 Å². The van der Waals surface area contributed by atoms with Crippen molar-refractivity contribution in [2.45, 2.75) is 20.3 Å². The summed E-state index contributed by atoms with van der Waals surface area (Å²) in [4.78, 5) is 0. The highest BCUT2D eigenvalue weighted by molar-refractivity contribution is 6.35. The molecule has 0 bridgehead atoms. The molecule has 0 spiro atoms. The summed E-state index contributed by atoms with van der Waals surface area (Å²) in [7, 11) is 3.34. The van der Waals surface area contributed by atoms with Crippen LogP contribution >= 0.6 is 0 Å². The van der Waals surface area contributed by atoms with Gasteiger partial charge in [-0.2, -0.15) is 0 Å². The zero-order chi connectivity index (χ0) is 14.0. The molecule has 2 aromatic carbocycles. The second kappa shape index (κ2) is 3.86. The van der Waals surface area contributed by atoms with Crippen LogP contribution < -0.4 is 5.19 Å². The Morgan fingerprint density at radius 2 is 1.85 bits per heavy atom. The molecule has 0 saturated heterocycles. The Hall–Kier alpha value is -1.80. The van der Waals surface area contributed by atoms with E-state index in [0.717, 1.165) is 16.7 Å². The summed E-state index contributed by atoms with van der Waals surface area (Å²) in [6.07, 6.45) is 1.12. The van der Waals surface area contributed by atoms with Crippen LogP contribution in [0, 0.1) is 13.8 Å². The van der Waals surface area contributed by atoms with E-state index in [-0.39, 0.29) is 0 Å². The molecule has 0 fully saturated rings. The molecule has 1 aliphatic rings. The van der Waals surface area contributed by atoms with E-state index in [0.29, 0.717) is 0 Å². The molecular weight excluding hydrogens is 258 g/mol. The van der Waals surface area contributed by atoms with E-state index in [4.69, 9.17) is 0 Å². The lowest BCUT2D eigenvalue weighted by Crippen LogP contribution is -2.13. The second-order valence-corrected chi connectivity index (χ2v) is 7.12. The monoisotopic (exact) mass is 277 g/mol. The van der Waals surface area contributed by atoms with Crippen LogP contribution in [0.15, 0.2) is 30.3 Å². The number of hydrogen-bond acceptors (Lipinski definition) is 0. The smallest absolute Gasteiger partial charge is 0.0527 e. The number of benzene rings is 2. The highest BCUT2D eigenvalue weighted by Crippen LogP contribution is 2.41. The van der Waals surface area contributed by atoms with Gasteiger partial charge in [0.05, 0.1) is 5.69 Å². The third-order valence-corrected chi connectivity index (χ3v) is 6.33. The molecule has 1 nitrogen and oxygen atoms in total. The van der Waals surface area contributed by atoms with Crippen molar-refractivity contribution < 1.29 is 0 Å². The van der Waals surface area contributed by atoms with Gasteiger partial charge in [0.15, 0.2) is 0 Å². The Morgan fingerprint density at radius 3 is 2.65 bits per heavy atom. The first kappa shape index (κ1) is 12.0. The van der Waals surface area contributed by atoms with Crippen LogP contribution in [-0.4, -0.2) is 14.8 Å². The molecule has 2 heteroatoms. The van der Waals surface area contributed by atoms with Gasteiger partial charge in [0.2, 0.25) is 0 Å². The number of rotatable bonds is 0. The van der Waals surface area contributed by atoms with Gasteiger partial charge in [-0.1, -0.05) is 34.5 Å². The molecular formula is C18H19NSi. The van der Waals surface area contributed by atoms with Gasteiger partial charge in [-0.3, -0.25) is 0 Å². The molecule has 0 amide bonds. The van der Waals surface area contributed by atoms with Crippen LogP contribution in [0.2, 0.25) is 0 Å². The standard InChI is InChI=1S/C18H19NSi/c1-10-4-7-16-13(8-10)14-9-15-12(17(14)19(16)3)6-5-11(2)18(15)20/h4-8H,9H2,1-3,20H3. The minimum atomic E-state index is 1.12. The zero-order valence-corrected chi connectivity index (χ0v) is 14.5. The Kier molecular flexibility index (Phi) is 2.31. The van der Waals surface area contributed by atoms with E-state index < -0.39 is 0 Å². The minimum absolute atomic E-state index is 1.12. The quantitative estimate of drug-likeness (QED) is 0.435. The number of aromatic nitrogens is 1. The summed E-state index contributed by atoms with van der Waals surface area (Å²) >= 11 is 0. The van der Waals surface area contributed by atoms with Crippen molar-refractivity contribution >= 4 is 26.3 Å². The number of hydrogen-bond donors (Lipinski definition) is 0. The van der Waals surface area contributed by atoms with Crippen LogP contribution in [0.5, 0.6) is 0 Å². The molecule has 1 aromatic heterocycles. The van der Waals surface area contributed by atoms with Gasteiger partial charge < -0.3 is 4.57 Å². The topological polar surface area (TPSA) is 4.93 Å². The highest BCUT2D eigenvalue weighted by atomic mass is 28.1. The van der Waals surface area contributed by atoms with E-state index >= 15 is 0 Å². The fourth-order valence-electron chi connectivity index (χ4n) is 3.66. The molecule has 0 aliphatic heterocycles. The summed E-state index contributed by atoms with van der Waals surface area (Å²) in [6, 6.07) is 11.4. The van der Waals surface area contributed by atoms with E-state index in [2.05, 4.69) is 55.8 Å². The fourth-order valence-corrected chi connectivity index (χ4v) is 4.27. The van der Waals surface area contributed by atoms with Crippen molar-refractivity contribution in [3.05, 3.63) is 52.6 Å². The van der Waals surface area contributed by atoms with Crippen molar-refractivity contribution in [1.29, 1.82) is 0 Å². The summed E-state index contributed by atoms with van der Waals surface area (Å²) in [5.74, 6) is 0. The molecule has 0 atom stereocenters. The van der Waals surface area contributed by atoms with E-state index in [1.807, 2.05) is 0 Å². The highest BCUT2D eigenvalue weighted by Gasteiger charge is 2.26. The van der Waals surface area contributed by atoms with Crippen molar-refractivity contribution in [2.75, 3.05) is 0 Å². The maximum atomic E-state index is 2.38. The number of aryl methyl sites for hydroxylation is 3. The zero-order valence-electron chi connectivity index (χ0n) is 12.5. The lowest BCUT2D eigenvalue weighted by molar-refractivity contribution is 0.978. The van der Waals surface area contributed by atoms with Crippen LogP contribution in [-0.2, 0) is 13.5 Å². The predicted octanol–water partition coefficient (Wildman–Crippen LogP) is 2.36. The predicted molar refractivity (Wildman–Crippen MR) is 90.2 cm³/mol. The van der Waals surface area contributed by atoms with Gasteiger partial charge in [0.25, 0.3) is 0 Å². The first-order valence-corrected chi connectivity index (χ1v) is 8.25. The van der Waals surface area contributed by atoms with Crippen molar-refractivity contribution in [2.24, 2.45) is 7.05 Å². The molecule has 1 aliphatic carbocycles. The van der Waals surface area contributed by atoms with Crippen LogP contribution in [0.1, 0.15) is 22.3 Å². The molecule has 0 saturated carbocycles. The van der Waals surface area contributed by atoms with E-state index in [1.54, 1.807) is 10.8 Å². The third kappa shape index (κ3) is 1.37. The van der Waals surface area contributed by atoms with Crippen LogP contribution in [0.3, 0.4) is 0 Å². The van der Waals surface area contributed by atoms with Gasteiger partial charge in [0.1, 0.15) is 0 Å². The lowest BCUT2D eigenvalue weighted by Gasteiger charge is -2.10. The SMILES string of the molecule is Cc1ccc2c(c1)c1c(n2C)-c2ccc(C)c([SiH3])c2C1. The Bertz CT molecular complexity index is 871. The summed E-state index contributed by atoms with van der Waals surface area (Å²) in [6.45, 7) is 4.43. The molecule has 100 valence electrons. The first-order chi connectivity index (χ1) is 9.58. The van der Waals surface area contributed by atoms with Crippen molar-refractivity contribution in [3.8, 4) is 11.3 Å². The average Bonchev–Trinajstić information content (AvgIpc) is 2.92. The Labute approximate surface area is 122 Å². The number of nitrogens with zero attached hydrogens (tertiary/aromatic N) is 1. The minimum Gasteiger partial charge on any atom is -0.343 e. The first-order valence-electron chi connectivity index (χ1n) is 7.25. The average molecular weight is 277 g/mol. The van der Waals surface area contributed by atoms with Gasteiger partial charge >= 0.3 is 0 Å². The van der Waals surface area contributed by atoms with Crippen molar-refractivity contribution in [3.63, 3.8) is 0 Å². The summed E-state index contributed by atoms with van der Waals surface area (Å²) in [5.41, 5.74) is 10.2. The van der Waals surface area contributed by atoms with Crippen molar-refractivity contribution in [1.82, 2.24) is 4.57 Å². The molecule has 0 N–H and O–H groups in total. The Balaban J connectivity index is 2.11. The summed E-state index contributed by atoms with van der Waals surface area (Å²) < 4.78 is 2.38. The van der Waals surface area contributed by atoms with Gasteiger partial charge in [-0.05, 0) is 37.1 Å². The van der Waals surface area contributed by atoms with E-state index in [1.165, 1.54) is 38.9 Å². The summed E-state index contributed by atoms with van der Waals surface area (Å²) in [5, 5.41) is 3.04. The number of fused-ring (bicyclic) bond motifs is 5. The molecule has 4 rings (SSSR count).